The van der Waals surface area contributed by atoms with Gasteiger partial charge in [0, 0.05) is 36.5 Å². The summed E-state index contributed by atoms with van der Waals surface area (Å²) in [5.74, 6) is 0.0131. The van der Waals surface area contributed by atoms with Crippen molar-refractivity contribution in [3.63, 3.8) is 0 Å². The standard InChI is InChI=1S/C18H23N3O2S.ClH/c1-21(13-8-11-6-7-12(9-13)19-11)17(22)10-16-18(23)20-14-4-2-3-5-15(14)24-16;/h2-5,11-13,16,19H,6-10H2,1H3,(H,20,23);1H. The predicted octanol–water partition coefficient (Wildman–Crippen LogP) is 2.65. The van der Waals surface area contributed by atoms with Crippen LogP contribution in [-0.4, -0.2) is 47.1 Å². The van der Waals surface area contributed by atoms with Gasteiger partial charge >= 0.3 is 0 Å². The Morgan fingerprint density at radius 1 is 1.24 bits per heavy atom. The van der Waals surface area contributed by atoms with E-state index in [0.29, 0.717) is 18.1 Å². The van der Waals surface area contributed by atoms with E-state index in [4.69, 9.17) is 0 Å². The van der Waals surface area contributed by atoms with Gasteiger partial charge in [-0.05, 0) is 37.8 Å². The number of fused-ring (bicyclic) bond motifs is 3. The highest BCUT2D eigenvalue weighted by Crippen LogP contribution is 2.37. The van der Waals surface area contributed by atoms with Gasteiger partial charge in [-0.1, -0.05) is 12.1 Å². The van der Waals surface area contributed by atoms with Gasteiger partial charge in [-0.25, -0.2) is 0 Å². The Balaban J connectivity index is 0.00000182. The number of hydrogen-bond donors (Lipinski definition) is 2. The number of hydrogen-bond acceptors (Lipinski definition) is 4. The van der Waals surface area contributed by atoms with Crippen molar-refractivity contribution in [1.82, 2.24) is 10.2 Å². The summed E-state index contributed by atoms with van der Waals surface area (Å²) in [6, 6.07) is 9.18. The van der Waals surface area contributed by atoms with Crippen LogP contribution >= 0.6 is 24.2 Å². The van der Waals surface area contributed by atoms with Crippen LogP contribution in [0.1, 0.15) is 32.1 Å². The van der Waals surface area contributed by atoms with E-state index >= 15 is 0 Å². The molecule has 3 heterocycles. The van der Waals surface area contributed by atoms with E-state index in [2.05, 4.69) is 10.6 Å². The summed E-state index contributed by atoms with van der Waals surface area (Å²) in [5.41, 5.74) is 0.847. The lowest BCUT2D eigenvalue weighted by Crippen LogP contribution is -2.49. The van der Waals surface area contributed by atoms with Crippen LogP contribution in [-0.2, 0) is 9.59 Å². The highest BCUT2D eigenvalue weighted by Gasteiger charge is 2.37. The van der Waals surface area contributed by atoms with Gasteiger partial charge in [0.05, 0.1) is 10.9 Å². The number of nitrogens with one attached hydrogen (secondary N) is 2. The molecule has 5 nitrogen and oxygen atoms in total. The zero-order valence-corrected chi connectivity index (χ0v) is 15.9. The second kappa shape index (κ2) is 7.56. The van der Waals surface area contributed by atoms with Gasteiger partial charge < -0.3 is 15.5 Å². The number of nitrogens with zero attached hydrogens (tertiary/aromatic N) is 1. The zero-order valence-electron chi connectivity index (χ0n) is 14.2. The molecule has 2 fully saturated rings. The van der Waals surface area contributed by atoms with Crippen molar-refractivity contribution in [2.75, 3.05) is 12.4 Å². The van der Waals surface area contributed by atoms with Crippen molar-refractivity contribution >= 4 is 41.7 Å². The molecule has 0 aromatic heterocycles. The topological polar surface area (TPSA) is 61.4 Å². The molecule has 7 heteroatoms. The predicted molar refractivity (Wildman–Crippen MR) is 102 cm³/mol. The van der Waals surface area contributed by atoms with Crippen molar-refractivity contribution in [2.24, 2.45) is 0 Å². The summed E-state index contributed by atoms with van der Waals surface area (Å²) >= 11 is 1.50. The maximum atomic E-state index is 12.7. The third-order valence-corrected chi connectivity index (χ3v) is 6.73. The summed E-state index contributed by atoms with van der Waals surface area (Å²) in [5, 5.41) is 6.19. The van der Waals surface area contributed by atoms with Crippen LogP contribution in [0.2, 0.25) is 0 Å². The molecule has 0 saturated carbocycles. The summed E-state index contributed by atoms with van der Waals surface area (Å²) in [4.78, 5) is 27.9. The van der Waals surface area contributed by atoms with Crippen molar-refractivity contribution in [2.45, 2.75) is 60.4 Å². The summed E-state index contributed by atoms with van der Waals surface area (Å²) in [6.45, 7) is 0. The summed E-state index contributed by atoms with van der Waals surface area (Å²) in [7, 11) is 1.90. The van der Waals surface area contributed by atoms with Gasteiger partial charge in [0.2, 0.25) is 11.8 Å². The normalized spacial score (nSPS) is 30.0. The van der Waals surface area contributed by atoms with E-state index < -0.39 is 0 Å². The van der Waals surface area contributed by atoms with Gasteiger partial charge in [0.1, 0.15) is 0 Å². The molecule has 4 rings (SSSR count). The molecular weight excluding hydrogens is 358 g/mol. The molecule has 3 aliphatic heterocycles. The number of benzene rings is 1. The number of amides is 2. The number of anilines is 1. The van der Waals surface area contributed by atoms with E-state index in [1.54, 1.807) is 0 Å². The summed E-state index contributed by atoms with van der Waals surface area (Å²) in [6.07, 6.45) is 4.78. The lowest BCUT2D eigenvalue weighted by molar-refractivity contribution is -0.134. The molecule has 3 atom stereocenters. The first-order valence-electron chi connectivity index (χ1n) is 8.68. The lowest BCUT2D eigenvalue weighted by Gasteiger charge is -2.36. The van der Waals surface area contributed by atoms with Gasteiger partial charge in [-0.15, -0.1) is 24.2 Å². The molecular formula is C18H24ClN3O2S. The monoisotopic (exact) mass is 381 g/mol. The first-order valence-corrected chi connectivity index (χ1v) is 9.56. The van der Waals surface area contributed by atoms with E-state index in [0.717, 1.165) is 23.4 Å². The van der Waals surface area contributed by atoms with E-state index in [-0.39, 0.29) is 35.9 Å². The number of piperidine rings is 1. The smallest absolute Gasteiger partial charge is 0.238 e. The largest absolute Gasteiger partial charge is 0.343 e. The Kier molecular flexibility index (Phi) is 5.61. The van der Waals surface area contributed by atoms with E-state index in [1.807, 2.05) is 36.2 Å². The maximum Gasteiger partial charge on any atom is 0.238 e. The molecule has 2 N–H and O–H groups in total. The number of carbonyl (C=O) groups excluding carboxylic acids is 2. The van der Waals surface area contributed by atoms with E-state index in [1.165, 1.54) is 24.6 Å². The molecule has 2 bridgehead atoms. The number of halogens is 1. The average Bonchev–Trinajstić information content (AvgIpc) is 2.92. The third-order valence-electron chi connectivity index (χ3n) is 5.46. The van der Waals surface area contributed by atoms with E-state index in [9.17, 15) is 9.59 Å². The fourth-order valence-electron chi connectivity index (χ4n) is 4.08. The molecule has 1 aromatic rings. The van der Waals surface area contributed by atoms with Crippen LogP contribution in [0.15, 0.2) is 29.2 Å². The maximum absolute atomic E-state index is 12.7. The Morgan fingerprint density at radius 2 is 1.92 bits per heavy atom. The second-order valence-corrected chi connectivity index (χ2v) is 8.31. The number of para-hydroxylation sites is 1. The van der Waals surface area contributed by atoms with Crippen LogP contribution in [0.5, 0.6) is 0 Å². The Labute approximate surface area is 158 Å². The average molecular weight is 382 g/mol. The third kappa shape index (κ3) is 3.81. The minimum absolute atomic E-state index is 0. The zero-order chi connectivity index (χ0) is 16.7. The van der Waals surface area contributed by atoms with Crippen molar-refractivity contribution in [3.8, 4) is 0 Å². The molecule has 3 unspecified atom stereocenters. The molecule has 2 saturated heterocycles. The molecule has 0 radical (unpaired) electrons. The molecule has 1 aromatic carbocycles. The number of carbonyl (C=O) groups is 2. The first kappa shape index (κ1) is 18.5. The molecule has 3 aliphatic rings. The fourth-order valence-corrected chi connectivity index (χ4v) is 5.18. The van der Waals surface area contributed by atoms with Crippen LogP contribution in [0.4, 0.5) is 5.69 Å². The van der Waals surface area contributed by atoms with Crippen LogP contribution in [0, 0.1) is 0 Å². The quantitative estimate of drug-likeness (QED) is 0.845. The molecule has 0 spiro atoms. The molecule has 2 amide bonds. The lowest BCUT2D eigenvalue weighted by atomic mass is 9.98. The minimum atomic E-state index is -0.340. The highest BCUT2D eigenvalue weighted by molar-refractivity contribution is 8.01. The fraction of sp³-hybridized carbons (Fsp3) is 0.556. The Morgan fingerprint density at radius 3 is 2.64 bits per heavy atom. The van der Waals surface area contributed by atoms with Crippen molar-refractivity contribution in [1.29, 1.82) is 0 Å². The SMILES string of the molecule is CN(C(=O)CC1Sc2ccccc2NC1=O)C1CC2CCC(C1)N2.Cl. The molecule has 0 aliphatic carbocycles. The number of rotatable bonds is 3. The first-order chi connectivity index (χ1) is 11.6. The molecule has 25 heavy (non-hydrogen) atoms. The van der Waals surface area contributed by atoms with Crippen LogP contribution < -0.4 is 10.6 Å². The summed E-state index contributed by atoms with van der Waals surface area (Å²) < 4.78 is 0. The van der Waals surface area contributed by atoms with Crippen LogP contribution in [0.3, 0.4) is 0 Å². The van der Waals surface area contributed by atoms with Crippen molar-refractivity contribution < 1.29 is 9.59 Å². The van der Waals surface area contributed by atoms with Gasteiger partial charge in [0.15, 0.2) is 0 Å². The van der Waals surface area contributed by atoms with Gasteiger partial charge in [-0.3, -0.25) is 9.59 Å². The molecule has 136 valence electrons. The Bertz CT molecular complexity index is 659. The van der Waals surface area contributed by atoms with Gasteiger partial charge in [0.25, 0.3) is 0 Å². The second-order valence-electron chi connectivity index (χ2n) is 7.06. The van der Waals surface area contributed by atoms with Gasteiger partial charge in [-0.2, -0.15) is 0 Å². The highest BCUT2D eigenvalue weighted by atomic mass is 35.5. The Hall–Kier alpha value is -1.24. The minimum Gasteiger partial charge on any atom is -0.343 e. The van der Waals surface area contributed by atoms with Crippen molar-refractivity contribution in [3.05, 3.63) is 24.3 Å². The van der Waals surface area contributed by atoms with Crippen LogP contribution in [0.25, 0.3) is 0 Å². The number of thioether (sulfide) groups is 1.